The number of fused-ring (bicyclic) bond motifs is 5. The largest absolute Gasteiger partial charge is 0.310 e. The molecule has 0 radical (unpaired) electrons. The summed E-state index contributed by atoms with van der Waals surface area (Å²) in [6.45, 7) is 4.74. The van der Waals surface area contributed by atoms with Crippen LogP contribution >= 0.6 is 0 Å². The average molecular weight is 527 g/mol. The van der Waals surface area contributed by atoms with Crippen LogP contribution in [0.3, 0.4) is 0 Å². The molecule has 0 amide bonds. The van der Waals surface area contributed by atoms with Crippen molar-refractivity contribution < 1.29 is 0 Å². The Labute approximate surface area is 240 Å². The van der Waals surface area contributed by atoms with Crippen LogP contribution in [0, 0.1) is 0 Å². The molecule has 8 rings (SSSR count). The molecule has 2 heteroatoms. The van der Waals surface area contributed by atoms with E-state index in [1.54, 1.807) is 0 Å². The monoisotopic (exact) mass is 526 g/mol. The van der Waals surface area contributed by atoms with Crippen molar-refractivity contribution in [3.05, 3.63) is 157 Å². The number of rotatable bonds is 4. The molecular formula is C39H30N2. The first kappa shape index (κ1) is 23.8. The van der Waals surface area contributed by atoms with Crippen LogP contribution in [0.5, 0.6) is 0 Å². The van der Waals surface area contributed by atoms with Crippen molar-refractivity contribution in [3.63, 3.8) is 0 Å². The zero-order chi connectivity index (χ0) is 27.6. The summed E-state index contributed by atoms with van der Waals surface area (Å²) in [6.07, 6.45) is 0. The second-order valence-electron chi connectivity index (χ2n) is 11.5. The van der Waals surface area contributed by atoms with E-state index in [0.717, 1.165) is 11.4 Å². The summed E-state index contributed by atoms with van der Waals surface area (Å²) in [7, 11) is 0. The van der Waals surface area contributed by atoms with Crippen LogP contribution in [0.25, 0.3) is 38.6 Å². The summed E-state index contributed by atoms with van der Waals surface area (Å²) in [4.78, 5) is 2.40. The van der Waals surface area contributed by atoms with Gasteiger partial charge in [-0.3, -0.25) is 0 Å². The first-order valence-corrected chi connectivity index (χ1v) is 14.3. The number of aromatic nitrogens is 1. The van der Waals surface area contributed by atoms with E-state index in [9.17, 15) is 0 Å². The zero-order valence-electron chi connectivity index (χ0n) is 23.3. The quantitative estimate of drug-likeness (QED) is 0.221. The van der Waals surface area contributed by atoms with Gasteiger partial charge in [-0.2, -0.15) is 0 Å². The maximum atomic E-state index is 2.48. The Bertz CT molecular complexity index is 2050. The molecule has 0 spiro atoms. The summed E-state index contributed by atoms with van der Waals surface area (Å²) >= 11 is 0. The molecule has 1 aromatic heterocycles. The highest BCUT2D eigenvalue weighted by Crippen LogP contribution is 2.50. The lowest BCUT2D eigenvalue weighted by molar-refractivity contribution is 0.630. The minimum atomic E-state index is -0.158. The molecule has 196 valence electrons. The van der Waals surface area contributed by atoms with E-state index < -0.39 is 0 Å². The van der Waals surface area contributed by atoms with Gasteiger partial charge in [0.25, 0.3) is 0 Å². The fourth-order valence-electron chi connectivity index (χ4n) is 6.74. The molecule has 1 aliphatic heterocycles. The summed E-state index contributed by atoms with van der Waals surface area (Å²) in [6, 6.07) is 52.8. The van der Waals surface area contributed by atoms with Gasteiger partial charge in [0.15, 0.2) is 0 Å². The number of anilines is 3. The van der Waals surface area contributed by atoms with Gasteiger partial charge in [0.05, 0.1) is 16.7 Å². The average Bonchev–Trinajstić information content (AvgIpc) is 3.36. The smallest absolute Gasteiger partial charge is 0.0583 e. The van der Waals surface area contributed by atoms with E-state index in [2.05, 4.69) is 169 Å². The Hall–Kier alpha value is -5.08. The van der Waals surface area contributed by atoms with Crippen molar-refractivity contribution in [2.75, 3.05) is 4.90 Å². The maximum Gasteiger partial charge on any atom is 0.0583 e. The van der Waals surface area contributed by atoms with Crippen LogP contribution in [-0.2, 0) is 5.41 Å². The topological polar surface area (TPSA) is 8.17 Å². The molecule has 6 aromatic carbocycles. The van der Waals surface area contributed by atoms with Crippen molar-refractivity contribution in [3.8, 4) is 16.8 Å². The van der Waals surface area contributed by atoms with Gasteiger partial charge in [-0.15, -0.1) is 0 Å². The minimum absolute atomic E-state index is 0.158. The summed E-state index contributed by atoms with van der Waals surface area (Å²) in [5.74, 6) is 0. The third-order valence-electron chi connectivity index (χ3n) is 8.75. The van der Waals surface area contributed by atoms with Crippen molar-refractivity contribution in [2.45, 2.75) is 19.3 Å². The lowest BCUT2D eigenvalue weighted by Crippen LogP contribution is -2.26. The lowest BCUT2D eigenvalue weighted by atomic mass is 9.74. The van der Waals surface area contributed by atoms with Gasteiger partial charge < -0.3 is 9.47 Å². The first-order valence-electron chi connectivity index (χ1n) is 14.3. The molecule has 2 nitrogen and oxygen atoms in total. The summed E-state index contributed by atoms with van der Waals surface area (Å²) in [5.41, 5.74) is 12.3. The zero-order valence-corrected chi connectivity index (χ0v) is 23.3. The Kier molecular flexibility index (Phi) is 5.20. The molecule has 2 heterocycles. The van der Waals surface area contributed by atoms with Crippen LogP contribution in [0.1, 0.15) is 25.0 Å². The number of benzene rings is 6. The molecule has 0 saturated heterocycles. The van der Waals surface area contributed by atoms with Gasteiger partial charge in [0.1, 0.15) is 0 Å². The standard InChI is InChI=1S/C39H30N2/c1-39(2)34-18-10-12-20-37(34)41-36-19-11-9-17-32(36)33-25-31(26-35(39)38(33)41)40(29-15-7-4-8-16-29)30-23-21-28(22-24-30)27-13-5-3-6-14-27/h3-26H,1-2H3. The Morgan fingerprint density at radius 3 is 1.88 bits per heavy atom. The number of para-hydroxylation sites is 3. The van der Waals surface area contributed by atoms with Crippen LogP contribution in [0.4, 0.5) is 17.1 Å². The third kappa shape index (κ3) is 3.57. The Morgan fingerprint density at radius 1 is 0.488 bits per heavy atom. The predicted octanol–water partition coefficient (Wildman–Crippen LogP) is 10.6. The SMILES string of the molecule is CC1(C)c2ccccc2-n2c3ccccc3c3cc(N(c4ccccc4)c4ccc(-c5ccccc5)cc4)cc1c32. The number of nitrogens with zero attached hydrogens (tertiary/aromatic N) is 2. The van der Waals surface area contributed by atoms with E-state index in [1.165, 1.54) is 55.4 Å². The van der Waals surface area contributed by atoms with Gasteiger partial charge in [-0.1, -0.05) is 111 Å². The highest BCUT2D eigenvalue weighted by Gasteiger charge is 2.36. The number of hydrogen-bond acceptors (Lipinski definition) is 1. The Morgan fingerprint density at radius 2 is 1.10 bits per heavy atom. The van der Waals surface area contributed by atoms with E-state index in [-0.39, 0.29) is 5.41 Å². The molecular weight excluding hydrogens is 496 g/mol. The molecule has 0 atom stereocenters. The highest BCUT2D eigenvalue weighted by atomic mass is 15.1. The first-order chi connectivity index (χ1) is 20.1. The van der Waals surface area contributed by atoms with Gasteiger partial charge in [-0.25, -0.2) is 0 Å². The second kappa shape index (κ2) is 8.97. The molecule has 0 unspecified atom stereocenters. The van der Waals surface area contributed by atoms with E-state index in [1.807, 2.05) is 0 Å². The summed E-state index contributed by atoms with van der Waals surface area (Å²) in [5, 5.41) is 2.57. The molecule has 0 N–H and O–H groups in total. The molecule has 0 fully saturated rings. The second-order valence-corrected chi connectivity index (χ2v) is 11.5. The highest BCUT2D eigenvalue weighted by molar-refractivity contribution is 6.13. The van der Waals surface area contributed by atoms with Gasteiger partial charge in [0, 0.05) is 33.2 Å². The molecule has 7 aromatic rings. The van der Waals surface area contributed by atoms with Gasteiger partial charge in [0.2, 0.25) is 0 Å². The third-order valence-corrected chi connectivity index (χ3v) is 8.75. The normalized spacial score (nSPS) is 13.3. The van der Waals surface area contributed by atoms with Crippen molar-refractivity contribution in [1.29, 1.82) is 0 Å². The van der Waals surface area contributed by atoms with Crippen LogP contribution < -0.4 is 4.90 Å². The van der Waals surface area contributed by atoms with Gasteiger partial charge in [-0.05, 0) is 70.8 Å². The van der Waals surface area contributed by atoms with Crippen LogP contribution in [0.15, 0.2) is 146 Å². The van der Waals surface area contributed by atoms with Crippen LogP contribution in [0.2, 0.25) is 0 Å². The fourth-order valence-corrected chi connectivity index (χ4v) is 6.74. The van der Waals surface area contributed by atoms with Gasteiger partial charge >= 0.3 is 0 Å². The molecule has 0 saturated carbocycles. The van der Waals surface area contributed by atoms with Crippen molar-refractivity contribution in [1.82, 2.24) is 4.57 Å². The fraction of sp³-hybridized carbons (Fsp3) is 0.0769. The Balaban J connectivity index is 1.40. The van der Waals surface area contributed by atoms with E-state index in [0.29, 0.717) is 0 Å². The summed E-state index contributed by atoms with van der Waals surface area (Å²) < 4.78 is 2.48. The number of hydrogen-bond donors (Lipinski definition) is 0. The maximum absolute atomic E-state index is 2.48. The molecule has 0 bridgehead atoms. The lowest BCUT2D eigenvalue weighted by Gasteiger charge is -2.36. The molecule has 41 heavy (non-hydrogen) atoms. The van der Waals surface area contributed by atoms with E-state index in [4.69, 9.17) is 0 Å². The predicted molar refractivity (Wildman–Crippen MR) is 173 cm³/mol. The van der Waals surface area contributed by atoms with Crippen LogP contribution in [-0.4, -0.2) is 4.57 Å². The van der Waals surface area contributed by atoms with Crippen molar-refractivity contribution in [2.24, 2.45) is 0 Å². The van der Waals surface area contributed by atoms with E-state index >= 15 is 0 Å². The van der Waals surface area contributed by atoms with Crippen molar-refractivity contribution >= 4 is 38.9 Å². The molecule has 1 aliphatic rings. The molecule has 0 aliphatic carbocycles. The minimum Gasteiger partial charge on any atom is -0.310 e.